The number of benzene rings is 1. The summed E-state index contributed by atoms with van der Waals surface area (Å²) in [5.74, 6) is 0.405. The lowest BCUT2D eigenvalue weighted by Crippen LogP contribution is -2.13. The highest BCUT2D eigenvalue weighted by atomic mass is 16.3. The van der Waals surface area contributed by atoms with Gasteiger partial charge in [0, 0.05) is 5.56 Å². The highest BCUT2D eigenvalue weighted by Gasteiger charge is 2.19. The molecular weight excluding hydrogens is 148 g/mol. The van der Waals surface area contributed by atoms with Gasteiger partial charge in [-0.05, 0) is 24.0 Å². The summed E-state index contributed by atoms with van der Waals surface area (Å²) in [6.07, 6.45) is 0. The molecule has 0 fully saturated rings. The number of phenolic OH excluding ortho intramolecular Hbond substituents is 1. The van der Waals surface area contributed by atoms with Crippen molar-refractivity contribution in [3.63, 3.8) is 0 Å². The number of rotatable bonds is 0. The number of hydrogen-bond acceptors (Lipinski definition) is 1. The second kappa shape index (κ2) is 2.81. The fraction of sp³-hybridized carbons (Fsp3) is 0.455. The Kier molecular flexibility index (Phi) is 2.14. The highest BCUT2D eigenvalue weighted by Crippen LogP contribution is 2.32. The Hall–Kier alpha value is -0.980. The van der Waals surface area contributed by atoms with E-state index in [0.29, 0.717) is 5.75 Å². The average molecular weight is 164 g/mol. The monoisotopic (exact) mass is 164 g/mol. The molecule has 0 unspecified atom stereocenters. The third-order valence-electron chi connectivity index (χ3n) is 2.00. The first-order valence-electron chi connectivity index (χ1n) is 4.22. The predicted octanol–water partition coefficient (Wildman–Crippen LogP) is 3.00. The third kappa shape index (κ3) is 1.60. The van der Waals surface area contributed by atoms with Crippen molar-refractivity contribution in [3.8, 4) is 5.75 Å². The molecule has 0 spiro atoms. The Balaban J connectivity index is 3.31. The summed E-state index contributed by atoms with van der Waals surface area (Å²) in [6.45, 7) is 8.35. The van der Waals surface area contributed by atoms with Crippen molar-refractivity contribution in [1.29, 1.82) is 0 Å². The smallest absolute Gasteiger partial charge is 0.119 e. The molecule has 66 valence electrons. The van der Waals surface area contributed by atoms with Crippen molar-refractivity contribution in [2.45, 2.75) is 33.1 Å². The molecule has 0 radical (unpaired) electrons. The molecule has 1 aromatic rings. The minimum Gasteiger partial charge on any atom is -0.508 e. The lowest BCUT2D eigenvalue weighted by Gasteiger charge is -2.22. The van der Waals surface area contributed by atoms with Gasteiger partial charge in [0.25, 0.3) is 0 Å². The van der Waals surface area contributed by atoms with Gasteiger partial charge < -0.3 is 5.11 Å². The van der Waals surface area contributed by atoms with Crippen molar-refractivity contribution in [2.75, 3.05) is 0 Å². The van der Waals surface area contributed by atoms with Gasteiger partial charge in [-0.15, -0.1) is 0 Å². The van der Waals surface area contributed by atoms with Gasteiger partial charge in [-0.2, -0.15) is 0 Å². The fourth-order valence-corrected chi connectivity index (χ4v) is 1.63. The molecule has 1 heteroatoms. The van der Waals surface area contributed by atoms with Gasteiger partial charge in [0.05, 0.1) is 0 Å². The molecule has 0 saturated carbocycles. The molecule has 0 aliphatic heterocycles. The Labute approximate surface area is 74.1 Å². The van der Waals surface area contributed by atoms with Gasteiger partial charge in [0.15, 0.2) is 0 Å². The summed E-state index contributed by atoms with van der Waals surface area (Å²) >= 11 is 0. The average Bonchev–Trinajstić information content (AvgIpc) is 1.82. The molecule has 0 heterocycles. The molecule has 0 bridgehead atoms. The first-order valence-corrected chi connectivity index (χ1v) is 4.22. The van der Waals surface area contributed by atoms with Crippen molar-refractivity contribution < 1.29 is 5.11 Å². The van der Waals surface area contributed by atoms with E-state index in [9.17, 15) is 5.11 Å². The number of phenols is 1. The quantitative estimate of drug-likeness (QED) is 0.625. The highest BCUT2D eigenvalue weighted by molar-refractivity contribution is 5.42. The Bertz CT molecular complexity index is 261. The van der Waals surface area contributed by atoms with Crippen LogP contribution in [0, 0.1) is 6.92 Å². The van der Waals surface area contributed by atoms with E-state index in [-0.39, 0.29) is 5.41 Å². The third-order valence-corrected chi connectivity index (χ3v) is 2.00. The van der Waals surface area contributed by atoms with Gasteiger partial charge in [0.1, 0.15) is 5.75 Å². The summed E-state index contributed by atoms with van der Waals surface area (Å²) < 4.78 is 0. The van der Waals surface area contributed by atoms with E-state index in [2.05, 4.69) is 20.8 Å². The summed E-state index contributed by atoms with van der Waals surface area (Å²) in [5.41, 5.74) is 2.22. The molecule has 1 N–H and O–H groups in total. The van der Waals surface area contributed by atoms with Crippen LogP contribution in [0.5, 0.6) is 5.75 Å². The molecule has 0 aliphatic carbocycles. The van der Waals surface area contributed by atoms with Crippen molar-refractivity contribution in [2.24, 2.45) is 0 Å². The largest absolute Gasteiger partial charge is 0.508 e. The van der Waals surface area contributed by atoms with E-state index in [1.54, 1.807) is 6.07 Å². The lowest BCUT2D eigenvalue weighted by molar-refractivity contribution is 0.445. The minimum absolute atomic E-state index is 0.0232. The molecule has 0 amide bonds. The molecule has 0 atom stereocenters. The van der Waals surface area contributed by atoms with E-state index in [4.69, 9.17) is 0 Å². The maximum Gasteiger partial charge on any atom is 0.119 e. The zero-order valence-electron chi connectivity index (χ0n) is 8.18. The molecule has 1 rings (SSSR count). The maximum absolute atomic E-state index is 9.63. The molecule has 0 saturated heterocycles. The molecular formula is C11H16O. The molecule has 0 aliphatic rings. The van der Waals surface area contributed by atoms with Crippen molar-refractivity contribution in [1.82, 2.24) is 0 Å². The van der Waals surface area contributed by atoms with Crippen molar-refractivity contribution in [3.05, 3.63) is 29.3 Å². The van der Waals surface area contributed by atoms with Gasteiger partial charge in [-0.1, -0.05) is 32.9 Å². The van der Waals surface area contributed by atoms with Crippen LogP contribution >= 0.6 is 0 Å². The standard InChI is InChI=1S/C11H16O/c1-8-6-5-7-9(12)10(8)11(2,3)4/h5-7,12H,1-4H3. The zero-order valence-corrected chi connectivity index (χ0v) is 8.18. The van der Waals surface area contributed by atoms with Crippen LogP contribution in [0.1, 0.15) is 31.9 Å². The minimum atomic E-state index is 0.0232. The molecule has 1 aromatic carbocycles. The van der Waals surface area contributed by atoms with Crippen LogP contribution < -0.4 is 0 Å². The predicted molar refractivity (Wildman–Crippen MR) is 51.5 cm³/mol. The van der Waals surface area contributed by atoms with Crippen molar-refractivity contribution >= 4 is 0 Å². The fourth-order valence-electron chi connectivity index (χ4n) is 1.63. The van der Waals surface area contributed by atoms with Crippen LogP contribution in [-0.2, 0) is 5.41 Å². The zero-order chi connectivity index (χ0) is 9.35. The van der Waals surface area contributed by atoms with Gasteiger partial charge in [-0.25, -0.2) is 0 Å². The number of hydrogen-bond donors (Lipinski definition) is 1. The van der Waals surface area contributed by atoms with E-state index in [0.717, 1.165) is 11.1 Å². The van der Waals surface area contributed by atoms with E-state index >= 15 is 0 Å². The first-order chi connectivity index (χ1) is 5.43. The van der Waals surface area contributed by atoms with Crippen LogP contribution in [0.25, 0.3) is 0 Å². The summed E-state index contributed by atoms with van der Waals surface area (Å²) in [4.78, 5) is 0. The lowest BCUT2D eigenvalue weighted by atomic mass is 9.83. The number of aromatic hydroxyl groups is 1. The topological polar surface area (TPSA) is 20.2 Å². The van der Waals surface area contributed by atoms with Crippen LogP contribution in [0.15, 0.2) is 18.2 Å². The second-order valence-electron chi connectivity index (χ2n) is 4.22. The summed E-state index contributed by atoms with van der Waals surface area (Å²) in [6, 6.07) is 5.65. The summed E-state index contributed by atoms with van der Waals surface area (Å²) in [7, 11) is 0. The Morgan fingerprint density at radius 2 is 1.75 bits per heavy atom. The molecule has 1 nitrogen and oxygen atoms in total. The SMILES string of the molecule is Cc1cccc(O)c1C(C)(C)C. The first kappa shape index (κ1) is 9.11. The second-order valence-corrected chi connectivity index (χ2v) is 4.22. The van der Waals surface area contributed by atoms with Gasteiger partial charge in [-0.3, -0.25) is 0 Å². The molecule has 12 heavy (non-hydrogen) atoms. The number of aryl methyl sites for hydroxylation is 1. The summed E-state index contributed by atoms with van der Waals surface area (Å²) in [5, 5.41) is 9.63. The molecule has 0 aromatic heterocycles. The van der Waals surface area contributed by atoms with Crippen LogP contribution in [0.3, 0.4) is 0 Å². The maximum atomic E-state index is 9.63. The van der Waals surface area contributed by atoms with Crippen LogP contribution in [-0.4, -0.2) is 5.11 Å². The normalized spacial score (nSPS) is 11.7. The Morgan fingerprint density at radius 1 is 1.17 bits per heavy atom. The van der Waals surface area contributed by atoms with Gasteiger partial charge >= 0.3 is 0 Å². The van der Waals surface area contributed by atoms with Crippen LogP contribution in [0.2, 0.25) is 0 Å². The van der Waals surface area contributed by atoms with E-state index in [1.807, 2.05) is 19.1 Å². The van der Waals surface area contributed by atoms with Crippen LogP contribution in [0.4, 0.5) is 0 Å². The Morgan fingerprint density at radius 3 is 2.08 bits per heavy atom. The van der Waals surface area contributed by atoms with Gasteiger partial charge in [0.2, 0.25) is 0 Å². The van der Waals surface area contributed by atoms with E-state index < -0.39 is 0 Å². The van der Waals surface area contributed by atoms with E-state index in [1.165, 1.54) is 0 Å².